The highest BCUT2D eigenvalue weighted by Gasteiger charge is 2.23. The number of aromatic nitrogens is 3. The van der Waals surface area contributed by atoms with E-state index in [1.807, 2.05) is 23.1 Å². The molecule has 0 spiro atoms. The van der Waals surface area contributed by atoms with Crippen LogP contribution in [-0.4, -0.2) is 67.7 Å². The van der Waals surface area contributed by atoms with Crippen molar-refractivity contribution in [2.24, 2.45) is 0 Å². The quantitative estimate of drug-likeness (QED) is 0.831. The van der Waals surface area contributed by atoms with E-state index >= 15 is 0 Å². The van der Waals surface area contributed by atoms with E-state index in [1.165, 1.54) is 10.9 Å². The van der Waals surface area contributed by atoms with Crippen molar-refractivity contribution in [3.05, 3.63) is 48.0 Å². The number of aliphatic carboxylic acids is 1. The number of carboxylic acid groups (broad SMARTS) is 1. The molecule has 25 heavy (non-hydrogen) atoms. The third-order valence-corrected chi connectivity index (χ3v) is 4.21. The van der Waals surface area contributed by atoms with Gasteiger partial charge in [-0.3, -0.25) is 24.2 Å². The standard InChI is InChI=1S/C17H21N5O3/c23-16(24)4-6-22-12-14(11-19-22)17(25)21-9-7-20(8-10-21)13-15-3-1-2-5-18-15/h1-3,5,11-12H,4,6-10,13H2,(H,23,24). The first-order valence-corrected chi connectivity index (χ1v) is 8.27. The maximum Gasteiger partial charge on any atom is 0.305 e. The molecule has 1 aliphatic heterocycles. The van der Waals surface area contributed by atoms with Crippen LogP contribution in [0.1, 0.15) is 22.5 Å². The SMILES string of the molecule is O=C(O)CCn1cc(C(=O)N2CCN(Cc3ccccn3)CC2)cn1. The molecule has 2 aromatic rings. The van der Waals surface area contributed by atoms with Crippen LogP contribution in [0.5, 0.6) is 0 Å². The Labute approximate surface area is 145 Å². The fourth-order valence-electron chi connectivity index (χ4n) is 2.82. The van der Waals surface area contributed by atoms with Crippen LogP contribution >= 0.6 is 0 Å². The van der Waals surface area contributed by atoms with Gasteiger partial charge in [-0.05, 0) is 12.1 Å². The van der Waals surface area contributed by atoms with Gasteiger partial charge < -0.3 is 10.0 Å². The number of hydrogen-bond donors (Lipinski definition) is 1. The number of carboxylic acids is 1. The summed E-state index contributed by atoms with van der Waals surface area (Å²) in [6.07, 6.45) is 4.90. The number of carbonyl (C=O) groups is 2. The van der Waals surface area contributed by atoms with Crippen LogP contribution in [0.25, 0.3) is 0 Å². The lowest BCUT2D eigenvalue weighted by Gasteiger charge is -2.34. The van der Waals surface area contributed by atoms with E-state index in [1.54, 1.807) is 12.4 Å². The van der Waals surface area contributed by atoms with E-state index in [0.717, 1.165) is 25.3 Å². The van der Waals surface area contributed by atoms with Crippen molar-refractivity contribution in [3.63, 3.8) is 0 Å². The Hall–Kier alpha value is -2.74. The zero-order chi connectivity index (χ0) is 17.6. The van der Waals surface area contributed by atoms with E-state index in [0.29, 0.717) is 18.7 Å². The van der Waals surface area contributed by atoms with Crippen LogP contribution < -0.4 is 0 Å². The number of piperazine rings is 1. The summed E-state index contributed by atoms with van der Waals surface area (Å²) in [6, 6.07) is 5.88. The van der Waals surface area contributed by atoms with Crippen LogP contribution in [0.15, 0.2) is 36.8 Å². The summed E-state index contributed by atoms with van der Waals surface area (Å²) in [5.74, 6) is -0.938. The smallest absolute Gasteiger partial charge is 0.305 e. The molecule has 8 heteroatoms. The fraction of sp³-hybridized carbons (Fsp3) is 0.412. The highest BCUT2D eigenvalue weighted by molar-refractivity contribution is 5.93. The Bertz CT molecular complexity index is 723. The molecular formula is C17H21N5O3. The second kappa shape index (κ2) is 7.89. The number of hydrogen-bond acceptors (Lipinski definition) is 5. The van der Waals surface area contributed by atoms with Gasteiger partial charge in [0.2, 0.25) is 0 Å². The van der Waals surface area contributed by atoms with Crippen molar-refractivity contribution in [2.45, 2.75) is 19.5 Å². The molecule has 0 atom stereocenters. The van der Waals surface area contributed by atoms with Gasteiger partial charge in [0.1, 0.15) is 0 Å². The zero-order valence-corrected chi connectivity index (χ0v) is 13.9. The third-order valence-electron chi connectivity index (χ3n) is 4.21. The van der Waals surface area contributed by atoms with Crippen molar-refractivity contribution in [3.8, 4) is 0 Å². The van der Waals surface area contributed by atoms with Gasteiger partial charge in [-0.15, -0.1) is 0 Å². The third kappa shape index (κ3) is 4.63. The average molecular weight is 343 g/mol. The first-order valence-electron chi connectivity index (χ1n) is 8.27. The lowest BCUT2D eigenvalue weighted by Crippen LogP contribution is -2.48. The first kappa shape index (κ1) is 17.1. The average Bonchev–Trinajstić information content (AvgIpc) is 3.10. The Morgan fingerprint density at radius 2 is 1.96 bits per heavy atom. The molecule has 0 saturated carbocycles. The molecule has 0 bridgehead atoms. The van der Waals surface area contributed by atoms with Gasteiger partial charge in [-0.1, -0.05) is 6.07 Å². The van der Waals surface area contributed by atoms with Crippen molar-refractivity contribution >= 4 is 11.9 Å². The van der Waals surface area contributed by atoms with Gasteiger partial charge in [-0.25, -0.2) is 0 Å². The molecule has 0 radical (unpaired) electrons. The second-order valence-electron chi connectivity index (χ2n) is 6.03. The van der Waals surface area contributed by atoms with Crippen molar-refractivity contribution in [1.29, 1.82) is 0 Å². The minimum absolute atomic E-state index is 0.0124. The van der Waals surface area contributed by atoms with Gasteiger partial charge in [0.05, 0.1) is 30.4 Å². The number of rotatable bonds is 6. The molecule has 2 aromatic heterocycles. The Kier molecular flexibility index (Phi) is 5.39. The summed E-state index contributed by atoms with van der Waals surface area (Å²) >= 11 is 0. The molecule has 1 fully saturated rings. The van der Waals surface area contributed by atoms with Gasteiger partial charge in [-0.2, -0.15) is 5.10 Å². The molecule has 3 rings (SSSR count). The lowest BCUT2D eigenvalue weighted by atomic mass is 10.2. The summed E-state index contributed by atoms with van der Waals surface area (Å²) in [6.45, 7) is 3.97. The largest absolute Gasteiger partial charge is 0.481 e. The maximum atomic E-state index is 12.5. The Morgan fingerprint density at radius 1 is 1.16 bits per heavy atom. The second-order valence-corrected chi connectivity index (χ2v) is 6.03. The van der Waals surface area contributed by atoms with E-state index in [2.05, 4.69) is 15.0 Å². The highest BCUT2D eigenvalue weighted by Crippen LogP contribution is 2.10. The van der Waals surface area contributed by atoms with Gasteiger partial charge in [0, 0.05) is 45.1 Å². The minimum atomic E-state index is -0.882. The number of aryl methyl sites for hydroxylation is 1. The van der Waals surface area contributed by atoms with Crippen LogP contribution in [0.4, 0.5) is 0 Å². The molecule has 132 valence electrons. The number of amides is 1. The predicted octanol–water partition coefficient (Wildman–Crippen LogP) is 0.711. The Morgan fingerprint density at radius 3 is 2.64 bits per heavy atom. The Balaban J connectivity index is 1.50. The summed E-state index contributed by atoms with van der Waals surface area (Å²) < 4.78 is 1.50. The lowest BCUT2D eigenvalue weighted by molar-refractivity contribution is -0.137. The van der Waals surface area contributed by atoms with Crippen molar-refractivity contribution in [1.82, 2.24) is 24.6 Å². The number of pyridine rings is 1. The monoisotopic (exact) mass is 343 g/mol. The molecule has 0 aliphatic carbocycles. The molecule has 1 amide bonds. The molecule has 8 nitrogen and oxygen atoms in total. The fourth-order valence-corrected chi connectivity index (χ4v) is 2.82. The molecule has 1 aliphatic rings. The summed E-state index contributed by atoms with van der Waals surface area (Å²) in [7, 11) is 0. The van der Waals surface area contributed by atoms with Crippen molar-refractivity contribution < 1.29 is 14.7 Å². The molecule has 0 unspecified atom stereocenters. The molecular weight excluding hydrogens is 322 g/mol. The summed E-state index contributed by atoms with van der Waals surface area (Å²) in [4.78, 5) is 31.6. The van der Waals surface area contributed by atoms with Crippen molar-refractivity contribution in [2.75, 3.05) is 26.2 Å². The summed E-state index contributed by atoms with van der Waals surface area (Å²) in [5, 5.41) is 12.8. The molecule has 1 N–H and O–H groups in total. The highest BCUT2D eigenvalue weighted by atomic mass is 16.4. The maximum absolute atomic E-state index is 12.5. The van der Waals surface area contributed by atoms with Crippen LogP contribution in [0.3, 0.4) is 0 Å². The normalized spacial score (nSPS) is 15.3. The molecule has 1 saturated heterocycles. The predicted molar refractivity (Wildman–Crippen MR) is 89.9 cm³/mol. The van der Waals surface area contributed by atoms with E-state index < -0.39 is 5.97 Å². The minimum Gasteiger partial charge on any atom is -0.481 e. The summed E-state index contributed by atoms with van der Waals surface area (Å²) in [5.41, 5.74) is 1.53. The first-order chi connectivity index (χ1) is 12.1. The molecule has 0 aromatic carbocycles. The van der Waals surface area contributed by atoms with E-state index in [4.69, 9.17) is 5.11 Å². The number of carbonyl (C=O) groups excluding carboxylic acids is 1. The van der Waals surface area contributed by atoms with Gasteiger partial charge >= 0.3 is 5.97 Å². The van der Waals surface area contributed by atoms with Crippen LogP contribution in [-0.2, 0) is 17.9 Å². The van der Waals surface area contributed by atoms with E-state index in [-0.39, 0.29) is 18.9 Å². The zero-order valence-electron chi connectivity index (χ0n) is 13.9. The topological polar surface area (TPSA) is 91.6 Å². The van der Waals surface area contributed by atoms with Gasteiger partial charge in [0.15, 0.2) is 0 Å². The van der Waals surface area contributed by atoms with E-state index in [9.17, 15) is 9.59 Å². The molecule has 3 heterocycles. The van der Waals surface area contributed by atoms with Crippen LogP contribution in [0, 0.1) is 0 Å². The number of nitrogens with zero attached hydrogens (tertiary/aromatic N) is 5. The van der Waals surface area contributed by atoms with Gasteiger partial charge in [0.25, 0.3) is 5.91 Å². The van der Waals surface area contributed by atoms with Crippen LogP contribution in [0.2, 0.25) is 0 Å².